The maximum absolute atomic E-state index is 13.8. The molecule has 0 saturated carbocycles. The van der Waals surface area contributed by atoms with Crippen LogP contribution in [0, 0.1) is 11.7 Å². The van der Waals surface area contributed by atoms with Gasteiger partial charge >= 0.3 is 0 Å². The molecular weight excluding hydrogens is 651 g/mol. The van der Waals surface area contributed by atoms with Gasteiger partial charge in [-0.1, -0.05) is 44.5 Å². The summed E-state index contributed by atoms with van der Waals surface area (Å²) >= 11 is 0. The molecule has 0 aromatic heterocycles. The van der Waals surface area contributed by atoms with E-state index in [1.807, 2.05) is 56.3 Å². The molecule has 6 atom stereocenters. The Labute approximate surface area is 301 Å². The largest absolute Gasteiger partial charge is 0.490 e. The van der Waals surface area contributed by atoms with Crippen LogP contribution in [-0.2, 0) is 20.9 Å². The third kappa shape index (κ3) is 8.95. The third-order valence-corrected chi connectivity index (χ3v) is 10.6. The molecule has 2 saturated heterocycles. The fourth-order valence-electron chi connectivity index (χ4n) is 7.41. The second-order valence-electron chi connectivity index (χ2n) is 14.1. The zero-order chi connectivity index (χ0) is 35.9. The van der Waals surface area contributed by atoms with Crippen molar-refractivity contribution in [2.24, 2.45) is 11.7 Å². The molecule has 10 nitrogen and oxygen atoms in total. The van der Waals surface area contributed by atoms with E-state index in [1.165, 1.54) is 6.07 Å². The van der Waals surface area contributed by atoms with Crippen LogP contribution in [0.25, 0.3) is 0 Å². The van der Waals surface area contributed by atoms with Gasteiger partial charge in [-0.15, -0.1) is 0 Å². The first-order valence-electron chi connectivity index (χ1n) is 18.3. The summed E-state index contributed by atoms with van der Waals surface area (Å²) in [7, 11) is 1.72. The fraction of sp³-hybridized carbons (Fsp3) is 0.525. The molecule has 0 bridgehead atoms. The number of methoxy groups -OCH3 is 1. The number of aliphatic hydroxyl groups is 1. The average molecular weight is 705 g/mol. The van der Waals surface area contributed by atoms with Crippen LogP contribution in [0.2, 0.25) is 0 Å². The molecule has 1 amide bonds. The maximum Gasteiger partial charge on any atom is 0.239 e. The van der Waals surface area contributed by atoms with Gasteiger partial charge in [0.05, 0.1) is 43.6 Å². The summed E-state index contributed by atoms with van der Waals surface area (Å²) in [6, 6.07) is 19.9. The highest BCUT2D eigenvalue weighted by Crippen LogP contribution is 2.36. The van der Waals surface area contributed by atoms with Gasteiger partial charge < -0.3 is 44.5 Å². The molecule has 1 unspecified atom stereocenters. The van der Waals surface area contributed by atoms with Gasteiger partial charge in [-0.25, -0.2) is 4.39 Å². The molecule has 0 aliphatic carbocycles. The molecule has 0 spiro atoms. The van der Waals surface area contributed by atoms with Crippen molar-refractivity contribution in [1.29, 1.82) is 0 Å². The third-order valence-electron chi connectivity index (χ3n) is 10.6. The molecule has 6 rings (SSSR count). The number of nitrogens with zero attached hydrogens (tertiary/aromatic N) is 3. The lowest BCUT2D eigenvalue weighted by Crippen LogP contribution is -2.57. The number of piperidine rings is 1. The number of hydrogen-bond donors (Lipinski definition) is 2. The van der Waals surface area contributed by atoms with Crippen molar-refractivity contribution in [2.45, 2.75) is 70.0 Å². The highest BCUT2D eigenvalue weighted by molar-refractivity contribution is 5.82. The molecule has 3 aliphatic heterocycles. The predicted molar refractivity (Wildman–Crippen MR) is 196 cm³/mol. The van der Waals surface area contributed by atoms with Gasteiger partial charge in [-0.3, -0.25) is 4.79 Å². The van der Waals surface area contributed by atoms with Crippen LogP contribution in [0.15, 0.2) is 66.7 Å². The summed E-state index contributed by atoms with van der Waals surface area (Å²) in [6.07, 6.45) is 1.17. The van der Waals surface area contributed by atoms with Gasteiger partial charge in [0, 0.05) is 57.9 Å². The van der Waals surface area contributed by atoms with Gasteiger partial charge in [0.1, 0.15) is 30.0 Å². The number of hydrogen-bond acceptors (Lipinski definition) is 9. The number of halogens is 1. The Morgan fingerprint density at radius 2 is 1.90 bits per heavy atom. The summed E-state index contributed by atoms with van der Waals surface area (Å²) in [6.45, 7) is 9.26. The van der Waals surface area contributed by atoms with Crippen LogP contribution in [0.4, 0.5) is 15.8 Å². The van der Waals surface area contributed by atoms with Gasteiger partial charge in [0.25, 0.3) is 0 Å². The molecular formula is C40H53FN4O6. The SMILES string of the molecule is CC[C@H](C)[C@H](N)C(=O)N1C[C@@H](O)[C@H](c2ccc(OC3CCN(c4cccc(F)c4)C3)cc2)[C@@H](OCc2ccc3c(c2)N(CCCOC)CCO3)C1. The van der Waals surface area contributed by atoms with E-state index in [0.717, 1.165) is 72.9 Å². The zero-order valence-corrected chi connectivity index (χ0v) is 30.1. The number of rotatable bonds is 14. The Kier molecular flexibility index (Phi) is 12.3. The van der Waals surface area contributed by atoms with Crippen molar-refractivity contribution >= 4 is 17.3 Å². The van der Waals surface area contributed by atoms with E-state index in [1.54, 1.807) is 24.1 Å². The first-order valence-corrected chi connectivity index (χ1v) is 18.3. The number of amides is 1. The van der Waals surface area contributed by atoms with Crippen molar-refractivity contribution in [3.63, 3.8) is 0 Å². The zero-order valence-electron chi connectivity index (χ0n) is 30.1. The topological polar surface area (TPSA) is 110 Å². The van der Waals surface area contributed by atoms with E-state index in [9.17, 15) is 14.3 Å². The minimum absolute atomic E-state index is 0.0182. The summed E-state index contributed by atoms with van der Waals surface area (Å²) in [5.74, 6) is 0.818. The van der Waals surface area contributed by atoms with Crippen LogP contribution in [0.3, 0.4) is 0 Å². The first kappa shape index (κ1) is 36.9. The fourth-order valence-corrected chi connectivity index (χ4v) is 7.41. The number of aliphatic hydroxyl groups excluding tert-OH is 1. The normalized spacial score (nSPS) is 23.1. The second kappa shape index (κ2) is 17.1. The number of likely N-dealkylation sites (tertiary alicyclic amines) is 1. The summed E-state index contributed by atoms with van der Waals surface area (Å²) < 4.78 is 38.0. The highest BCUT2D eigenvalue weighted by Gasteiger charge is 2.41. The predicted octanol–water partition coefficient (Wildman–Crippen LogP) is 4.96. The first-order chi connectivity index (χ1) is 24.7. The minimum atomic E-state index is -0.855. The molecule has 11 heteroatoms. The molecule has 0 radical (unpaired) electrons. The number of fused-ring (bicyclic) bond motifs is 1. The van der Waals surface area contributed by atoms with Crippen molar-refractivity contribution in [1.82, 2.24) is 4.90 Å². The Morgan fingerprint density at radius 1 is 1.08 bits per heavy atom. The van der Waals surface area contributed by atoms with Crippen LogP contribution < -0.4 is 25.0 Å². The van der Waals surface area contributed by atoms with E-state index in [2.05, 4.69) is 15.9 Å². The van der Waals surface area contributed by atoms with E-state index in [-0.39, 0.29) is 36.2 Å². The number of carbonyl (C=O) groups excluding carboxylic acids is 1. The van der Waals surface area contributed by atoms with Crippen LogP contribution in [0.5, 0.6) is 11.5 Å². The molecule has 3 aliphatic rings. The second-order valence-corrected chi connectivity index (χ2v) is 14.1. The summed E-state index contributed by atoms with van der Waals surface area (Å²) in [5, 5.41) is 11.6. The highest BCUT2D eigenvalue weighted by atomic mass is 19.1. The van der Waals surface area contributed by atoms with Crippen molar-refractivity contribution in [2.75, 3.05) is 69.4 Å². The standard InChI is InChI=1S/C40H53FN4O6/c1-4-27(2)39(42)40(47)45-24-35(46)38(29-10-12-32(13-11-29)51-33-15-17-44(23-33)31-8-5-7-30(41)22-31)37(25-45)50-26-28-9-14-36-34(21-28)43(18-20-49-36)16-6-19-48-3/h5,7-14,21-22,27,33,35,37-39,46H,4,6,15-20,23-26,42H2,1-3H3/t27-,33?,35+,37-,38-,39-/m0/s1. The number of ether oxygens (including phenoxy) is 4. The number of anilines is 2. The number of benzene rings is 3. The summed E-state index contributed by atoms with van der Waals surface area (Å²) in [5.41, 5.74) is 10.2. The molecule has 3 aromatic rings. The number of β-amino-alcohol motifs (C(OH)–C–C–N with tert-alkyl or cyclic N) is 1. The van der Waals surface area contributed by atoms with Crippen LogP contribution in [0.1, 0.15) is 50.2 Å². The van der Waals surface area contributed by atoms with E-state index in [4.69, 9.17) is 24.7 Å². The Morgan fingerprint density at radius 3 is 2.67 bits per heavy atom. The van der Waals surface area contributed by atoms with Crippen molar-refractivity contribution in [3.05, 3.63) is 83.7 Å². The molecule has 51 heavy (non-hydrogen) atoms. The van der Waals surface area contributed by atoms with Gasteiger partial charge in [0.2, 0.25) is 5.91 Å². The Balaban J connectivity index is 1.16. The molecule has 3 N–H and O–H groups in total. The van der Waals surface area contributed by atoms with Crippen molar-refractivity contribution in [3.8, 4) is 11.5 Å². The Hall–Kier alpha value is -3.90. The molecule has 2 fully saturated rings. The lowest BCUT2D eigenvalue weighted by Gasteiger charge is -2.43. The molecule has 276 valence electrons. The number of carbonyl (C=O) groups is 1. The van der Waals surface area contributed by atoms with Gasteiger partial charge in [-0.05, 0) is 65.9 Å². The van der Waals surface area contributed by atoms with E-state index in [0.29, 0.717) is 32.9 Å². The van der Waals surface area contributed by atoms with E-state index < -0.39 is 18.2 Å². The monoisotopic (exact) mass is 704 g/mol. The van der Waals surface area contributed by atoms with E-state index >= 15 is 0 Å². The minimum Gasteiger partial charge on any atom is -0.490 e. The van der Waals surface area contributed by atoms with Gasteiger partial charge in [-0.2, -0.15) is 0 Å². The molecule has 3 heterocycles. The van der Waals surface area contributed by atoms with Gasteiger partial charge in [0.15, 0.2) is 0 Å². The maximum atomic E-state index is 13.8. The van der Waals surface area contributed by atoms with Crippen LogP contribution >= 0.6 is 0 Å². The smallest absolute Gasteiger partial charge is 0.239 e. The quantitative estimate of drug-likeness (QED) is 0.225. The average Bonchev–Trinajstić information content (AvgIpc) is 3.62. The number of nitrogens with two attached hydrogens (primary N) is 1. The Bertz CT molecular complexity index is 1590. The van der Waals surface area contributed by atoms with Crippen molar-refractivity contribution < 1.29 is 33.2 Å². The summed E-state index contributed by atoms with van der Waals surface area (Å²) in [4.78, 5) is 19.6. The lowest BCUT2D eigenvalue weighted by molar-refractivity contribution is -0.144. The molecule has 3 aromatic carbocycles. The van der Waals surface area contributed by atoms with Crippen LogP contribution in [-0.4, -0.2) is 99.9 Å². The lowest BCUT2D eigenvalue weighted by atomic mass is 9.84.